The number of nitrogens with zero attached hydrogens (tertiary/aromatic N) is 2. The molecule has 1 saturated heterocycles. The molecule has 1 amide bonds. The zero-order valence-corrected chi connectivity index (χ0v) is 20.1. The van der Waals surface area contributed by atoms with Crippen molar-refractivity contribution >= 4 is 35.8 Å². The van der Waals surface area contributed by atoms with Crippen LogP contribution in [0.2, 0.25) is 0 Å². The normalized spacial score (nSPS) is 18.9. The number of aliphatic imine (C=N–C) groups is 1. The van der Waals surface area contributed by atoms with E-state index in [4.69, 9.17) is 0 Å². The Hall–Kier alpha value is -1.35. The lowest BCUT2D eigenvalue weighted by atomic mass is 10.0. The minimum Gasteiger partial charge on any atom is -0.356 e. The first-order valence-electron chi connectivity index (χ1n) is 10.7. The summed E-state index contributed by atoms with van der Waals surface area (Å²) >= 11 is 0. The maximum absolute atomic E-state index is 11.8. The largest absolute Gasteiger partial charge is 0.356 e. The smallest absolute Gasteiger partial charge is 0.251 e. The van der Waals surface area contributed by atoms with E-state index in [-0.39, 0.29) is 29.9 Å². The molecule has 0 spiro atoms. The van der Waals surface area contributed by atoms with Crippen LogP contribution in [0.3, 0.4) is 0 Å². The Morgan fingerprint density at radius 3 is 2.55 bits per heavy atom. The van der Waals surface area contributed by atoms with Gasteiger partial charge in [0.2, 0.25) is 0 Å². The molecule has 1 aliphatic heterocycles. The molecule has 2 fully saturated rings. The fourth-order valence-corrected chi connectivity index (χ4v) is 4.40. The first kappa shape index (κ1) is 23.9. The van der Waals surface area contributed by atoms with E-state index >= 15 is 0 Å². The van der Waals surface area contributed by atoms with E-state index in [2.05, 4.69) is 31.9 Å². The molecule has 1 aromatic rings. The number of rotatable bonds is 6. The molecule has 29 heavy (non-hydrogen) atoms. The maximum Gasteiger partial charge on any atom is 0.251 e. The lowest BCUT2D eigenvalue weighted by Gasteiger charge is -2.36. The Bertz CT molecular complexity index is 667. The molecule has 0 atom stereocenters. The second-order valence-electron chi connectivity index (χ2n) is 7.92. The van der Waals surface area contributed by atoms with Crippen molar-refractivity contribution in [1.82, 2.24) is 20.9 Å². The van der Waals surface area contributed by atoms with Gasteiger partial charge in [0.15, 0.2) is 5.96 Å². The Kier molecular flexibility index (Phi) is 10.2. The molecule has 1 aliphatic carbocycles. The second kappa shape index (κ2) is 12.4. The average Bonchev–Trinajstić information content (AvgIpc) is 3.28. The number of hydrogen-bond acceptors (Lipinski definition) is 3. The number of amides is 1. The first-order valence-corrected chi connectivity index (χ1v) is 10.7. The number of likely N-dealkylation sites (tertiary alicyclic amines) is 1. The molecular weight excluding hydrogens is 477 g/mol. The molecular formula is C22H36IN5O. The van der Waals surface area contributed by atoms with Crippen molar-refractivity contribution in [3.63, 3.8) is 0 Å². The number of guanidine groups is 1. The highest BCUT2D eigenvalue weighted by molar-refractivity contribution is 14.0. The van der Waals surface area contributed by atoms with E-state index in [0.29, 0.717) is 11.6 Å². The molecule has 7 heteroatoms. The van der Waals surface area contributed by atoms with E-state index in [1.54, 1.807) is 7.05 Å². The highest BCUT2D eigenvalue weighted by atomic mass is 127. The fraction of sp³-hybridized carbons (Fsp3) is 0.636. The minimum absolute atomic E-state index is 0. The van der Waals surface area contributed by atoms with Gasteiger partial charge in [-0.2, -0.15) is 0 Å². The quantitative estimate of drug-likeness (QED) is 0.311. The second-order valence-corrected chi connectivity index (χ2v) is 7.92. The number of piperidine rings is 1. The third kappa shape index (κ3) is 7.13. The van der Waals surface area contributed by atoms with Crippen molar-refractivity contribution in [3.8, 4) is 0 Å². The Morgan fingerprint density at radius 1 is 1.17 bits per heavy atom. The van der Waals surface area contributed by atoms with Gasteiger partial charge in [-0.1, -0.05) is 25.0 Å². The van der Waals surface area contributed by atoms with Crippen LogP contribution in [-0.2, 0) is 6.42 Å². The van der Waals surface area contributed by atoms with Gasteiger partial charge in [0.25, 0.3) is 5.91 Å². The number of hydrogen-bond donors (Lipinski definition) is 3. The molecule has 0 radical (unpaired) electrons. The van der Waals surface area contributed by atoms with Gasteiger partial charge < -0.3 is 20.9 Å². The Morgan fingerprint density at radius 2 is 1.90 bits per heavy atom. The standard InChI is InChI=1S/C22H35N5O.HI/c1-23-21(28)18-7-5-6-17(16-18)10-13-25-22(24-2)26-19-11-14-27(15-12-19)20-8-3-4-9-20;/h5-7,16,19-20H,3-4,8-15H2,1-2H3,(H,23,28)(H2,24,25,26);1H. The van der Waals surface area contributed by atoms with Gasteiger partial charge in [-0.15, -0.1) is 24.0 Å². The molecule has 1 aromatic carbocycles. The highest BCUT2D eigenvalue weighted by Crippen LogP contribution is 2.26. The topological polar surface area (TPSA) is 68.8 Å². The molecule has 3 N–H and O–H groups in total. The van der Waals surface area contributed by atoms with E-state index in [9.17, 15) is 4.79 Å². The molecule has 1 saturated carbocycles. The van der Waals surface area contributed by atoms with Crippen LogP contribution in [0.15, 0.2) is 29.3 Å². The average molecular weight is 513 g/mol. The number of carbonyl (C=O) groups is 1. The molecule has 1 heterocycles. The molecule has 162 valence electrons. The Labute approximate surface area is 192 Å². The summed E-state index contributed by atoms with van der Waals surface area (Å²) in [6.45, 7) is 3.19. The molecule has 6 nitrogen and oxygen atoms in total. The number of benzene rings is 1. The van der Waals surface area contributed by atoms with E-state index in [1.165, 1.54) is 51.6 Å². The highest BCUT2D eigenvalue weighted by Gasteiger charge is 2.27. The number of nitrogens with one attached hydrogen (secondary N) is 3. The third-order valence-electron chi connectivity index (χ3n) is 6.06. The van der Waals surface area contributed by atoms with Crippen molar-refractivity contribution in [1.29, 1.82) is 0 Å². The molecule has 0 bridgehead atoms. The van der Waals surface area contributed by atoms with E-state index in [0.717, 1.165) is 30.5 Å². The summed E-state index contributed by atoms with van der Waals surface area (Å²) in [4.78, 5) is 18.8. The lowest BCUT2D eigenvalue weighted by molar-refractivity contribution is 0.0963. The predicted molar refractivity (Wildman–Crippen MR) is 130 cm³/mol. The fourth-order valence-electron chi connectivity index (χ4n) is 4.40. The van der Waals surface area contributed by atoms with Gasteiger partial charge in [0.1, 0.15) is 0 Å². The van der Waals surface area contributed by atoms with Crippen LogP contribution in [0.1, 0.15) is 54.4 Å². The third-order valence-corrected chi connectivity index (χ3v) is 6.06. The molecule has 3 rings (SSSR count). The van der Waals surface area contributed by atoms with Crippen molar-refractivity contribution in [2.24, 2.45) is 4.99 Å². The van der Waals surface area contributed by atoms with Gasteiger partial charge in [-0.3, -0.25) is 9.79 Å². The van der Waals surface area contributed by atoms with Crippen LogP contribution in [0.5, 0.6) is 0 Å². The van der Waals surface area contributed by atoms with Gasteiger partial charge in [-0.05, 0) is 49.8 Å². The van der Waals surface area contributed by atoms with Gasteiger partial charge in [0, 0.05) is 51.4 Å². The van der Waals surface area contributed by atoms with E-state index < -0.39 is 0 Å². The number of halogens is 1. The summed E-state index contributed by atoms with van der Waals surface area (Å²) in [5.41, 5.74) is 1.85. The van der Waals surface area contributed by atoms with Crippen molar-refractivity contribution < 1.29 is 4.79 Å². The van der Waals surface area contributed by atoms with E-state index in [1.807, 2.05) is 25.2 Å². The summed E-state index contributed by atoms with van der Waals surface area (Å²) in [7, 11) is 3.49. The van der Waals surface area contributed by atoms with Crippen LogP contribution >= 0.6 is 24.0 Å². The van der Waals surface area contributed by atoms with Crippen LogP contribution in [0.25, 0.3) is 0 Å². The summed E-state index contributed by atoms with van der Waals surface area (Å²) in [5, 5.41) is 9.68. The maximum atomic E-state index is 11.8. The zero-order chi connectivity index (χ0) is 19.8. The van der Waals surface area contributed by atoms with Crippen LogP contribution in [0, 0.1) is 0 Å². The summed E-state index contributed by atoms with van der Waals surface area (Å²) in [6, 6.07) is 9.13. The minimum atomic E-state index is -0.0452. The molecule has 0 aromatic heterocycles. The SMILES string of the molecule is CN=C(NCCc1cccc(C(=O)NC)c1)NC1CCN(C2CCCC2)CC1.I. The summed E-state index contributed by atoms with van der Waals surface area (Å²) < 4.78 is 0. The van der Waals surface area contributed by atoms with Gasteiger partial charge in [-0.25, -0.2) is 0 Å². The monoisotopic (exact) mass is 513 g/mol. The summed E-state index contributed by atoms with van der Waals surface area (Å²) in [6.07, 6.45) is 8.82. The molecule has 0 unspecified atom stereocenters. The van der Waals surface area contributed by atoms with Crippen molar-refractivity contribution in [2.75, 3.05) is 33.7 Å². The van der Waals surface area contributed by atoms with Crippen molar-refractivity contribution in [2.45, 2.75) is 57.0 Å². The lowest BCUT2D eigenvalue weighted by Crippen LogP contribution is -2.50. The zero-order valence-electron chi connectivity index (χ0n) is 17.7. The van der Waals surface area contributed by atoms with Crippen molar-refractivity contribution in [3.05, 3.63) is 35.4 Å². The van der Waals surface area contributed by atoms with Gasteiger partial charge >= 0.3 is 0 Å². The predicted octanol–water partition coefficient (Wildman–Crippen LogP) is 2.78. The van der Waals surface area contributed by atoms with Crippen LogP contribution in [-0.4, -0.2) is 62.6 Å². The number of carbonyl (C=O) groups excluding carboxylic acids is 1. The van der Waals surface area contributed by atoms with Crippen LogP contribution < -0.4 is 16.0 Å². The molecule has 2 aliphatic rings. The van der Waals surface area contributed by atoms with Crippen LogP contribution in [0.4, 0.5) is 0 Å². The van der Waals surface area contributed by atoms with Gasteiger partial charge in [0.05, 0.1) is 0 Å². The Balaban J connectivity index is 0.00000300. The first-order chi connectivity index (χ1) is 13.7. The summed E-state index contributed by atoms with van der Waals surface area (Å²) in [5.74, 6) is 0.831.